The molecule has 0 bridgehead atoms. The zero-order valence-electron chi connectivity index (χ0n) is 15.3. The van der Waals surface area contributed by atoms with E-state index in [1.54, 1.807) is 11.3 Å². The van der Waals surface area contributed by atoms with E-state index in [-0.39, 0.29) is 17.4 Å². The van der Waals surface area contributed by atoms with Crippen LogP contribution >= 0.6 is 11.3 Å². The van der Waals surface area contributed by atoms with E-state index in [9.17, 15) is 9.59 Å². The molecule has 1 aromatic carbocycles. The first-order valence-electron chi connectivity index (χ1n) is 8.98. The highest BCUT2D eigenvalue weighted by atomic mass is 32.1. The van der Waals surface area contributed by atoms with E-state index in [0.717, 1.165) is 23.5 Å². The summed E-state index contributed by atoms with van der Waals surface area (Å²) in [5.74, 6) is 0.0815. The molecule has 1 aliphatic rings. The summed E-state index contributed by atoms with van der Waals surface area (Å²) in [6.45, 7) is 4.47. The van der Waals surface area contributed by atoms with Gasteiger partial charge < -0.3 is 10.6 Å². The number of amides is 2. The molecule has 2 amide bonds. The highest BCUT2D eigenvalue weighted by Crippen LogP contribution is 2.29. The number of thiazole rings is 1. The van der Waals surface area contributed by atoms with Gasteiger partial charge in [0.1, 0.15) is 5.01 Å². The van der Waals surface area contributed by atoms with E-state index in [0.29, 0.717) is 25.8 Å². The summed E-state index contributed by atoms with van der Waals surface area (Å²) < 4.78 is 0. The molecule has 2 N–H and O–H groups in total. The molecule has 2 heterocycles. The molecule has 0 radical (unpaired) electrons. The third-order valence-electron chi connectivity index (χ3n) is 4.83. The van der Waals surface area contributed by atoms with Crippen molar-refractivity contribution in [2.75, 3.05) is 0 Å². The number of rotatable bonds is 7. The zero-order chi connectivity index (χ0) is 18.6. The average Bonchev–Trinajstić information content (AvgIpc) is 3.19. The van der Waals surface area contributed by atoms with Gasteiger partial charge in [0.25, 0.3) is 0 Å². The molecular weight excluding hydrogens is 346 g/mol. The van der Waals surface area contributed by atoms with E-state index in [1.165, 1.54) is 11.1 Å². The van der Waals surface area contributed by atoms with Crippen LogP contribution in [0.5, 0.6) is 0 Å². The Bertz CT molecular complexity index is 785. The van der Waals surface area contributed by atoms with Crippen molar-refractivity contribution in [3.8, 4) is 0 Å². The minimum Gasteiger partial charge on any atom is -0.350 e. The van der Waals surface area contributed by atoms with Crippen LogP contribution in [-0.2, 0) is 22.6 Å². The van der Waals surface area contributed by atoms with Gasteiger partial charge in [-0.1, -0.05) is 29.8 Å². The molecule has 2 aromatic rings. The molecule has 0 unspecified atom stereocenters. The molecule has 1 aromatic heterocycles. The van der Waals surface area contributed by atoms with Crippen LogP contribution in [0, 0.1) is 13.8 Å². The minimum absolute atomic E-state index is 0.00211. The molecule has 1 atom stereocenters. The van der Waals surface area contributed by atoms with E-state index in [4.69, 9.17) is 0 Å². The zero-order valence-corrected chi connectivity index (χ0v) is 16.1. The lowest BCUT2D eigenvalue weighted by Gasteiger charge is -2.29. The van der Waals surface area contributed by atoms with Crippen molar-refractivity contribution >= 4 is 23.2 Å². The maximum Gasteiger partial charge on any atom is 0.220 e. The second-order valence-corrected chi connectivity index (χ2v) is 8.09. The fourth-order valence-electron chi connectivity index (χ4n) is 3.38. The smallest absolute Gasteiger partial charge is 0.220 e. The normalized spacial score (nSPS) is 19.4. The molecular formula is C20H25N3O2S. The van der Waals surface area contributed by atoms with Gasteiger partial charge in [-0.25, -0.2) is 4.98 Å². The van der Waals surface area contributed by atoms with Crippen LogP contribution in [0.2, 0.25) is 0 Å². The number of benzene rings is 1. The van der Waals surface area contributed by atoms with Crippen molar-refractivity contribution in [3.05, 3.63) is 51.5 Å². The number of hydrogen-bond donors (Lipinski definition) is 2. The Balaban J connectivity index is 1.56. The lowest BCUT2D eigenvalue weighted by Crippen LogP contribution is -2.44. The first-order valence-corrected chi connectivity index (χ1v) is 9.86. The quantitative estimate of drug-likeness (QED) is 0.786. The predicted octanol–water partition coefficient (Wildman–Crippen LogP) is 3.05. The Morgan fingerprint density at radius 1 is 1.31 bits per heavy atom. The Kier molecular flexibility index (Phi) is 5.71. The van der Waals surface area contributed by atoms with Gasteiger partial charge in [-0.3, -0.25) is 9.59 Å². The first-order chi connectivity index (χ1) is 12.4. The van der Waals surface area contributed by atoms with Crippen LogP contribution in [0.1, 0.15) is 47.5 Å². The highest BCUT2D eigenvalue weighted by molar-refractivity contribution is 7.09. The Morgan fingerprint density at radius 2 is 2.08 bits per heavy atom. The van der Waals surface area contributed by atoms with Gasteiger partial charge in [-0.15, -0.1) is 11.3 Å². The Hall–Kier alpha value is -2.21. The maximum absolute atomic E-state index is 12.3. The maximum atomic E-state index is 12.3. The van der Waals surface area contributed by atoms with Crippen LogP contribution in [0.25, 0.3) is 0 Å². The summed E-state index contributed by atoms with van der Waals surface area (Å²) in [4.78, 5) is 28.4. The second-order valence-electron chi connectivity index (χ2n) is 7.15. The number of carbonyl (C=O) groups is 2. The van der Waals surface area contributed by atoms with Crippen LogP contribution in [0.3, 0.4) is 0 Å². The number of aryl methyl sites for hydroxylation is 2. The van der Waals surface area contributed by atoms with Crippen molar-refractivity contribution in [1.82, 2.24) is 15.6 Å². The summed E-state index contributed by atoms with van der Waals surface area (Å²) in [5.41, 5.74) is 3.07. The molecule has 0 aliphatic carbocycles. The van der Waals surface area contributed by atoms with Gasteiger partial charge in [-0.05, 0) is 38.7 Å². The van der Waals surface area contributed by atoms with Gasteiger partial charge in [0.2, 0.25) is 11.8 Å². The molecule has 3 rings (SSSR count). The van der Waals surface area contributed by atoms with Crippen LogP contribution in [-0.4, -0.2) is 22.3 Å². The summed E-state index contributed by atoms with van der Waals surface area (Å²) >= 11 is 1.55. The molecule has 138 valence electrons. The number of nitrogens with zero attached hydrogens (tertiary/aromatic N) is 1. The van der Waals surface area contributed by atoms with Gasteiger partial charge in [0, 0.05) is 29.5 Å². The standard InChI is InChI=1S/C20H25N3O2S/c1-14-3-5-16(6-4-14)11-20(10-8-18(25)23-20)9-7-17(24)21-12-19-22-15(2)13-26-19/h3-6,13H,7-12H2,1-2H3,(H,21,24)(H,23,25)/t20-/m0/s1. The minimum atomic E-state index is -0.318. The van der Waals surface area contributed by atoms with Gasteiger partial charge in [0.15, 0.2) is 0 Å². The number of hydrogen-bond acceptors (Lipinski definition) is 4. The van der Waals surface area contributed by atoms with Gasteiger partial charge >= 0.3 is 0 Å². The molecule has 1 saturated heterocycles. The largest absolute Gasteiger partial charge is 0.350 e. The third-order valence-corrected chi connectivity index (χ3v) is 5.80. The number of nitrogens with one attached hydrogen (secondary N) is 2. The lowest BCUT2D eigenvalue weighted by molar-refractivity contribution is -0.122. The topological polar surface area (TPSA) is 71.1 Å². The molecule has 0 saturated carbocycles. The Labute approximate surface area is 158 Å². The van der Waals surface area contributed by atoms with E-state index in [2.05, 4.69) is 46.8 Å². The molecule has 26 heavy (non-hydrogen) atoms. The molecule has 1 fully saturated rings. The average molecular weight is 372 g/mol. The van der Waals surface area contributed by atoms with Crippen molar-refractivity contribution in [2.24, 2.45) is 0 Å². The summed E-state index contributed by atoms with van der Waals surface area (Å²) in [7, 11) is 0. The van der Waals surface area contributed by atoms with E-state index >= 15 is 0 Å². The number of aromatic nitrogens is 1. The lowest BCUT2D eigenvalue weighted by atomic mass is 9.84. The van der Waals surface area contributed by atoms with Crippen LogP contribution in [0.4, 0.5) is 0 Å². The Morgan fingerprint density at radius 3 is 2.69 bits per heavy atom. The van der Waals surface area contributed by atoms with Crippen molar-refractivity contribution < 1.29 is 9.59 Å². The summed E-state index contributed by atoms with van der Waals surface area (Å²) in [6.07, 6.45) is 3.12. The highest BCUT2D eigenvalue weighted by Gasteiger charge is 2.37. The van der Waals surface area contributed by atoms with E-state index < -0.39 is 0 Å². The van der Waals surface area contributed by atoms with Crippen molar-refractivity contribution in [1.29, 1.82) is 0 Å². The summed E-state index contributed by atoms with van der Waals surface area (Å²) in [6, 6.07) is 8.38. The third kappa shape index (κ3) is 4.91. The molecule has 1 aliphatic heterocycles. The predicted molar refractivity (Wildman–Crippen MR) is 103 cm³/mol. The molecule has 6 heteroatoms. The van der Waals surface area contributed by atoms with Gasteiger partial charge in [0.05, 0.1) is 6.54 Å². The van der Waals surface area contributed by atoms with Crippen LogP contribution < -0.4 is 10.6 Å². The monoisotopic (exact) mass is 371 g/mol. The second kappa shape index (κ2) is 7.99. The SMILES string of the molecule is Cc1ccc(C[C@]2(CCC(=O)NCc3nc(C)cs3)CCC(=O)N2)cc1. The summed E-state index contributed by atoms with van der Waals surface area (Å²) in [5, 5.41) is 8.96. The molecule has 5 nitrogen and oxygen atoms in total. The fraction of sp³-hybridized carbons (Fsp3) is 0.450. The first kappa shape index (κ1) is 18.6. The van der Waals surface area contributed by atoms with Crippen molar-refractivity contribution in [2.45, 2.75) is 58.0 Å². The van der Waals surface area contributed by atoms with Crippen LogP contribution in [0.15, 0.2) is 29.6 Å². The molecule has 0 spiro atoms. The van der Waals surface area contributed by atoms with Crippen molar-refractivity contribution in [3.63, 3.8) is 0 Å². The van der Waals surface area contributed by atoms with Gasteiger partial charge in [-0.2, -0.15) is 0 Å². The fourth-order valence-corrected chi connectivity index (χ4v) is 4.09. The van der Waals surface area contributed by atoms with E-state index in [1.807, 2.05) is 12.3 Å². The number of carbonyl (C=O) groups excluding carboxylic acids is 2.